The maximum Gasteiger partial charge on any atom is 0.338 e. The Bertz CT molecular complexity index is 714. The van der Waals surface area contributed by atoms with Crippen molar-refractivity contribution in [2.45, 2.75) is 6.92 Å². The van der Waals surface area contributed by atoms with Crippen molar-refractivity contribution in [2.75, 3.05) is 12.3 Å². The lowest BCUT2D eigenvalue weighted by molar-refractivity contribution is -0.102. The van der Waals surface area contributed by atoms with E-state index >= 15 is 0 Å². The number of hydrogen-bond acceptors (Lipinski definition) is 9. The number of oxime groups is 1. The molecule has 0 bridgehead atoms. The predicted octanol–water partition coefficient (Wildman–Crippen LogP) is 1.28. The molecule has 2 N–H and O–H groups in total. The lowest BCUT2D eigenvalue weighted by Gasteiger charge is -2.03. The standard InChI is InChI=1S/C13H12N4O4S/c1-2-20-12(19)8-4-3-5-9(6-8)21-16-10(7-18)11-15-13(14)22-17-11/h3-7H,2H2,1H3,(H2,14,15,17)/b16-10-. The van der Waals surface area contributed by atoms with E-state index in [0.717, 1.165) is 11.5 Å². The highest BCUT2D eigenvalue weighted by Gasteiger charge is 2.11. The van der Waals surface area contributed by atoms with Crippen LogP contribution < -0.4 is 10.6 Å². The number of anilines is 1. The number of carbonyl (C=O) groups is 2. The molecule has 8 nitrogen and oxygen atoms in total. The van der Waals surface area contributed by atoms with E-state index in [2.05, 4.69) is 14.5 Å². The van der Waals surface area contributed by atoms with E-state index in [4.69, 9.17) is 15.3 Å². The summed E-state index contributed by atoms with van der Waals surface area (Å²) >= 11 is 0.942. The fourth-order valence-corrected chi connectivity index (χ4v) is 1.89. The number of aldehydes is 1. The summed E-state index contributed by atoms with van der Waals surface area (Å²) in [6.07, 6.45) is 0.455. The van der Waals surface area contributed by atoms with Gasteiger partial charge in [-0.2, -0.15) is 9.36 Å². The fraction of sp³-hybridized carbons (Fsp3) is 0.154. The van der Waals surface area contributed by atoms with Crippen LogP contribution in [0, 0.1) is 0 Å². The minimum absolute atomic E-state index is 0.0825. The predicted molar refractivity (Wildman–Crippen MR) is 79.9 cm³/mol. The van der Waals surface area contributed by atoms with Crippen LogP contribution in [0.5, 0.6) is 5.75 Å². The molecule has 0 atom stereocenters. The average Bonchev–Trinajstić information content (AvgIpc) is 2.95. The van der Waals surface area contributed by atoms with Crippen molar-refractivity contribution in [3.8, 4) is 5.75 Å². The smallest absolute Gasteiger partial charge is 0.338 e. The Hall–Kier alpha value is -2.81. The maximum absolute atomic E-state index is 11.6. The first kappa shape index (κ1) is 15.6. The summed E-state index contributed by atoms with van der Waals surface area (Å²) in [4.78, 5) is 31.6. The molecule has 0 spiro atoms. The summed E-state index contributed by atoms with van der Waals surface area (Å²) in [5, 5.41) is 3.88. The van der Waals surface area contributed by atoms with Gasteiger partial charge in [-0.15, -0.1) is 0 Å². The zero-order chi connectivity index (χ0) is 15.9. The normalized spacial score (nSPS) is 11.0. The molecule has 0 fully saturated rings. The van der Waals surface area contributed by atoms with Crippen LogP contribution in [0.2, 0.25) is 0 Å². The van der Waals surface area contributed by atoms with Gasteiger partial charge in [0.25, 0.3) is 0 Å². The van der Waals surface area contributed by atoms with Crippen molar-refractivity contribution >= 4 is 34.6 Å². The van der Waals surface area contributed by atoms with E-state index in [1.54, 1.807) is 25.1 Å². The topological polar surface area (TPSA) is 117 Å². The summed E-state index contributed by atoms with van der Waals surface area (Å²) in [6.45, 7) is 1.99. The van der Waals surface area contributed by atoms with E-state index in [0.29, 0.717) is 11.8 Å². The minimum atomic E-state index is -0.471. The third-order valence-electron chi connectivity index (χ3n) is 2.38. The van der Waals surface area contributed by atoms with Gasteiger partial charge in [-0.05, 0) is 25.1 Å². The van der Waals surface area contributed by atoms with Crippen LogP contribution in [0.4, 0.5) is 5.13 Å². The van der Waals surface area contributed by atoms with Gasteiger partial charge >= 0.3 is 5.97 Å². The Labute approximate surface area is 129 Å². The molecular formula is C13H12N4O4S. The number of aromatic nitrogens is 2. The first-order valence-corrected chi connectivity index (χ1v) is 6.98. The minimum Gasteiger partial charge on any atom is -0.462 e. The molecule has 0 amide bonds. The highest BCUT2D eigenvalue weighted by Crippen LogP contribution is 2.15. The molecule has 1 aromatic heterocycles. The molecule has 0 radical (unpaired) electrons. The second-order valence-corrected chi connectivity index (χ2v) is 4.67. The summed E-state index contributed by atoms with van der Waals surface area (Å²) in [6, 6.07) is 6.22. The van der Waals surface area contributed by atoms with Gasteiger partial charge in [-0.1, -0.05) is 11.2 Å². The molecule has 2 rings (SSSR count). The molecule has 22 heavy (non-hydrogen) atoms. The molecular weight excluding hydrogens is 308 g/mol. The largest absolute Gasteiger partial charge is 0.462 e. The van der Waals surface area contributed by atoms with Crippen LogP contribution in [-0.2, 0) is 9.53 Å². The van der Waals surface area contributed by atoms with Crippen LogP contribution in [0.1, 0.15) is 23.1 Å². The average molecular weight is 320 g/mol. The van der Waals surface area contributed by atoms with Crippen molar-refractivity contribution in [1.82, 2.24) is 9.36 Å². The van der Waals surface area contributed by atoms with Gasteiger partial charge in [0.2, 0.25) is 0 Å². The molecule has 9 heteroatoms. The third kappa shape index (κ3) is 3.85. The fourth-order valence-electron chi connectivity index (χ4n) is 1.45. The lowest BCUT2D eigenvalue weighted by Crippen LogP contribution is -2.07. The van der Waals surface area contributed by atoms with E-state index in [9.17, 15) is 9.59 Å². The Kier molecular flexibility index (Phi) is 5.15. The summed E-state index contributed by atoms with van der Waals surface area (Å²) in [7, 11) is 0. The van der Waals surface area contributed by atoms with Gasteiger partial charge in [-0.3, -0.25) is 4.79 Å². The quantitative estimate of drug-likeness (QED) is 0.369. The van der Waals surface area contributed by atoms with E-state index in [1.165, 1.54) is 6.07 Å². The van der Waals surface area contributed by atoms with Crippen LogP contribution in [0.15, 0.2) is 29.4 Å². The molecule has 0 aliphatic heterocycles. The summed E-state index contributed by atoms with van der Waals surface area (Å²) < 4.78 is 8.74. The lowest BCUT2D eigenvalue weighted by atomic mass is 10.2. The number of nitrogen functional groups attached to an aromatic ring is 1. The Morgan fingerprint density at radius 1 is 1.50 bits per heavy atom. The highest BCUT2D eigenvalue weighted by molar-refractivity contribution is 7.09. The van der Waals surface area contributed by atoms with Crippen LogP contribution >= 0.6 is 11.5 Å². The molecule has 0 aliphatic carbocycles. The van der Waals surface area contributed by atoms with Crippen LogP contribution in [-0.4, -0.2) is 33.9 Å². The van der Waals surface area contributed by atoms with Gasteiger partial charge in [0.1, 0.15) is 0 Å². The number of carbonyl (C=O) groups excluding carboxylic acids is 2. The molecule has 0 aliphatic rings. The first-order valence-electron chi connectivity index (χ1n) is 6.21. The van der Waals surface area contributed by atoms with Gasteiger partial charge in [-0.25, -0.2) is 4.79 Å². The van der Waals surface area contributed by atoms with Crippen molar-refractivity contribution in [1.29, 1.82) is 0 Å². The Morgan fingerprint density at radius 2 is 2.32 bits per heavy atom. The number of rotatable bonds is 6. The summed E-state index contributed by atoms with van der Waals surface area (Å²) in [5.41, 5.74) is 5.66. The van der Waals surface area contributed by atoms with Crippen LogP contribution in [0.25, 0.3) is 0 Å². The van der Waals surface area contributed by atoms with Gasteiger partial charge in [0.15, 0.2) is 28.7 Å². The number of esters is 1. The molecule has 2 aromatic rings. The van der Waals surface area contributed by atoms with E-state index < -0.39 is 5.97 Å². The molecule has 0 unspecified atom stereocenters. The van der Waals surface area contributed by atoms with Gasteiger partial charge in [0, 0.05) is 11.5 Å². The van der Waals surface area contributed by atoms with Crippen molar-refractivity contribution in [3.05, 3.63) is 35.7 Å². The van der Waals surface area contributed by atoms with Crippen molar-refractivity contribution < 1.29 is 19.2 Å². The van der Waals surface area contributed by atoms with Gasteiger partial charge < -0.3 is 15.3 Å². The molecule has 1 heterocycles. The Balaban J connectivity index is 2.16. The molecule has 0 saturated heterocycles. The second-order valence-electron chi connectivity index (χ2n) is 3.89. The van der Waals surface area contributed by atoms with E-state index in [-0.39, 0.29) is 29.0 Å². The maximum atomic E-state index is 11.6. The number of nitrogens with zero attached hydrogens (tertiary/aromatic N) is 3. The number of hydrogen-bond donors (Lipinski definition) is 1. The third-order valence-corrected chi connectivity index (χ3v) is 2.92. The molecule has 0 saturated carbocycles. The zero-order valence-corrected chi connectivity index (χ0v) is 12.4. The highest BCUT2D eigenvalue weighted by atomic mass is 32.1. The van der Waals surface area contributed by atoms with Crippen molar-refractivity contribution in [2.24, 2.45) is 5.16 Å². The number of ether oxygens (including phenoxy) is 1. The Morgan fingerprint density at radius 3 is 2.95 bits per heavy atom. The molecule has 114 valence electrons. The summed E-state index contributed by atoms with van der Waals surface area (Å²) in [5.74, 6) is -0.117. The number of nitrogens with two attached hydrogens (primary N) is 1. The monoisotopic (exact) mass is 320 g/mol. The zero-order valence-electron chi connectivity index (χ0n) is 11.6. The number of benzene rings is 1. The SMILES string of the molecule is CCOC(=O)c1cccc(O/N=C(/C=O)c2nsc(N)n2)c1. The van der Waals surface area contributed by atoms with Crippen LogP contribution in [0.3, 0.4) is 0 Å². The van der Waals surface area contributed by atoms with E-state index in [1.807, 2.05) is 0 Å². The first-order chi connectivity index (χ1) is 10.6. The second kappa shape index (κ2) is 7.27. The van der Waals surface area contributed by atoms with Crippen molar-refractivity contribution in [3.63, 3.8) is 0 Å². The van der Waals surface area contributed by atoms with Gasteiger partial charge in [0.05, 0.1) is 12.2 Å². The molecule has 1 aromatic carbocycles.